The van der Waals surface area contributed by atoms with Gasteiger partial charge in [0, 0.05) is 75.3 Å². The van der Waals surface area contributed by atoms with Crippen LogP contribution in [-0.4, -0.2) is 112 Å². The van der Waals surface area contributed by atoms with Crippen molar-refractivity contribution in [3.8, 4) is 84.8 Å². The van der Waals surface area contributed by atoms with Crippen LogP contribution >= 0.6 is 57.5 Å². The van der Waals surface area contributed by atoms with E-state index in [1.807, 2.05) is 102 Å². The number of aliphatic imine (C=N–C) groups is 1. The summed E-state index contributed by atoms with van der Waals surface area (Å²) in [4.78, 5) is 39.5. The second-order valence-electron chi connectivity index (χ2n) is 19.8. The van der Waals surface area contributed by atoms with Gasteiger partial charge in [-0.2, -0.15) is 15.3 Å². The van der Waals surface area contributed by atoms with Gasteiger partial charge in [0.25, 0.3) is 0 Å². The number of fused-ring (bicyclic) bond motifs is 3. The Hall–Kier alpha value is -10.4. The quantitative estimate of drug-likeness (QED) is 0.0435. The van der Waals surface area contributed by atoms with E-state index in [9.17, 15) is 8.42 Å². The number of anilines is 5. The molecule has 2 atom stereocenters. The summed E-state index contributed by atoms with van der Waals surface area (Å²) < 4.78 is 41.7. The molecule has 7 N–H and O–H groups in total. The summed E-state index contributed by atoms with van der Waals surface area (Å²) in [5, 5.41) is 29.8. The summed E-state index contributed by atoms with van der Waals surface area (Å²) in [5.41, 5.74) is 25.3. The summed E-state index contributed by atoms with van der Waals surface area (Å²) in [6.45, 7) is 0. The smallest absolute Gasteiger partial charge is 0.227 e. The van der Waals surface area contributed by atoms with Crippen LogP contribution in [-0.2, 0) is 21.6 Å². The largest absolute Gasteiger partial charge is 0.495 e. The molecule has 0 saturated carbocycles. The molecule has 2 unspecified atom stereocenters. The van der Waals surface area contributed by atoms with E-state index in [2.05, 4.69) is 86.1 Å². The Kier molecular flexibility index (Phi) is 19.7. The number of benzene rings is 6. The van der Waals surface area contributed by atoms with Crippen LogP contribution in [0.3, 0.4) is 0 Å². The lowest BCUT2D eigenvalue weighted by atomic mass is 10.1. The summed E-state index contributed by atoms with van der Waals surface area (Å²) in [6.07, 6.45) is 11.6. The molecule has 6 aromatic carbocycles. The highest BCUT2D eigenvalue weighted by molar-refractivity contribution is 7.99. The van der Waals surface area contributed by atoms with E-state index in [1.54, 1.807) is 124 Å². The molecule has 30 heteroatoms. The zero-order valence-corrected chi connectivity index (χ0v) is 55.1. The van der Waals surface area contributed by atoms with Crippen molar-refractivity contribution in [2.75, 3.05) is 44.0 Å². The van der Waals surface area contributed by atoms with Gasteiger partial charge in [-0.3, -0.25) is 19.5 Å². The molecule has 470 valence electrons. The summed E-state index contributed by atoms with van der Waals surface area (Å²) in [7, 11) is 2.24. The third-order valence-electron chi connectivity index (χ3n) is 13.9. The number of nitrogen functional groups attached to an aromatic ring is 1. The van der Waals surface area contributed by atoms with Crippen molar-refractivity contribution in [2.45, 2.75) is 10.1 Å². The number of hydrogen-bond acceptors (Lipinski definition) is 22. The van der Waals surface area contributed by atoms with Gasteiger partial charge in [-0.05, 0) is 109 Å². The van der Waals surface area contributed by atoms with Crippen molar-refractivity contribution in [1.82, 2.24) is 70.5 Å². The first-order chi connectivity index (χ1) is 45.8. The van der Waals surface area contributed by atoms with E-state index in [4.69, 9.17) is 54.7 Å². The van der Waals surface area contributed by atoms with Crippen molar-refractivity contribution in [1.29, 1.82) is 0 Å². The standard InChI is InChI=1S/C21H15ClN6O2S.C21H15ClN6OS.C15H13ClN4O2S.C7H6N2S/c1-30-18-8-12(2-4-15(18)22)20-14(10-25-28-20)16-6-7-23-21(27-16)26-13-3-5-17-19(9-13)31(29)11-24-17;1-29-18-8-12(2-4-15(18)22)20-14(10-25-28-20)16-6-7-23-21(27-16)26-13-3-5-17-19(9-13)30-11-24-17;1-22-13-7-9(3-4-11(13)16)14-10(8-18-20-14)12-5-6-17-15(19-12)23(2)21;8-5-1-2-6-7(3-5)10-4-9-6/h2-11H,1H3,(H,25,28)(H,23,26,27);2-11H,1H3,(H,25,28)(H,23,26,27);3-8H,1-2H3,(H,18,20);1-4H,8H2. The minimum atomic E-state index is -1.25. The highest BCUT2D eigenvalue weighted by Gasteiger charge is 2.20. The van der Waals surface area contributed by atoms with E-state index in [0.29, 0.717) is 66.2 Å². The maximum absolute atomic E-state index is 12.0. The molecule has 0 aliphatic carbocycles. The van der Waals surface area contributed by atoms with Crippen LogP contribution in [0.1, 0.15) is 0 Å². The fourth-order valence-corrected chi connectivity index (χ4v) is 12.8. The molecule has 94 heavy (non-hydrogen) atoms. The van der Waals surface area contributed by atoms with E-state index < -0.39 is 21.6 Å². The number of methoxy groups -OCH3 is 3. The monoisotopic (exact) mass is 1380 g/mol. The van der Waals surface area contributed by atoms with Crippen LogP contribution in [0.4, 0.5) is 34.6 Å². The second-order valence-corrected chi connectivity index (χ2v) is 25.3. The molecule has 0 fully saturated rings. The van der Waals surface area contributed by atoms with Crippen LogP contribution < -0.4 is 30.6 Å². The lowest BCUT2D eigenvalue weighted by Crippen LogP contribution is -1.99. The topological polar surface area (TPSA) is 313 Å². The minimum absolute atomic E-state index is 0.281. The van der Waals surface area contributed by atoms with Gasteiger partial charge in [0.2, 0.25) is 17.1 Å². The number of H-pyrrole nitrogens is 3. The Morgan fingerprint density at radius 3 is 1.46 bits per heavy atom. The lowest BCUT2D eigenvalue weighted by Gasteiger charge is -2.09. The number of aromatic amines is 3. The summed E-state index contributed by atoms with van der Waals surface area (Å²) in [5.74, 6) is 2.64. The number of nitrogens with two attached hydrogens (primary N) is 1. The molecule has 1 aliphatic heterocycles. The van der Waals surface area contributed by atoms with Crippen molar-refractivity contribution in [3.05, 3.63) is 191 Å². The molecule has 0 radical (unpaired) electrons. The first-order valence-corrected chi connectivity index (χ1v) is 33.5. The van der Waals surface area contributed by atoms with Crippen molar-refractivity contribution >= 4 is 140 Å². The van der Waals surface area contributed by atoms with Crippen LogP contribution in [0.5, 0.6) is 17.2 Å². The number of nitrogens with one attached hydrogen (secondary N) is 5. The third kappa shape index (κ3) is 14.6. The predicted octanol–water partition coefficient (Wildman–Crippen LogP) is 15.1. The van der Waals surface area contributed by atoms with E-state index in [1.165, 1.54) is 5.55 Å². The fourth-order valence-electron chi connectivity index (χ4n) is 9.40. The van der Waals surface area contributed by atoms with Crippen LogP contribution in [0.15, 0.2) is 191 Å². The van der Waals surface area contributed by atoms with E-state index >= 15 is 0 Å². The molecule has 15 rings (SSSR count). The fraction of sp³-hybridized carbons (Fsp3) is 0.0625. The van der Waals surface area contributed by atoms with Crippen LogP contribution in [0.2, 0.25) is 15.1 Å². The molecule has 14 aromatic rings. The Morgan fingerprint density at radius 1 is 0.521 bits per heavy atom. The molecule has 23 nitrogen and oxygen atoms in total. The molecule has 8 aromatic heterocycles. The van der Waals surface area contributed by atoms with Gasteiger partial charge in [-0.25, -0.2) is 49.1 Å². The number of rotatable bonds is 14. The number of hydrogen-bond donors (Lipinski definition) is 6. The van der Waals surface area contributed by atoms with Gasteiger partial charge in [0.1, 0.15) is 17.2 Å². The van der Waals surface area contributed by atoms with Gasteiger partial charge >= 0.3 is 0 Å². The second kappa shape index (κ2) is 29.1. The van der Waals surface area contributed by atoms with E-state index in [-0.39, 0.29) is 5.16 Å². The van der Waals surface area contributed by atoms with Gasteiger partial charge in [-0.15, -0.1) is 22.7 Å². The number of halogens is 3. The molecule has 1 aliphatic rings. The number of thiazole rings is 2. The average molecular weight is 1380 g/mol. The molecular weight excluding hydrogens is 1340 g/mol. The predicted molar refractivity (Wildman–Crippen MR) is 373 cm³/mol. The normalized spacial score (nSPS) is 12.4. The van der Waals surface area contributed by atoms with E-state index in [0.717, 1.165) is 93.7 Å². The summed E-state index contributed by atoms with van der Waals surface area (Å²) in [6, 6.07) is 39.0. The Bertz CT molecular complexity index is 5140. The Labute approximate surface area is 563 Å². The zero-order valence-electron chi connectivity index (χ0n) is 49.6. The number of nitrogens with zero attached hydrogens (tertiary/aromatic N) is 12. The molecular formula is C64H49Cl3N18O5S4. The van der Waals surface area contributed by atoms with Gasteiger partial charge in [0.15, 0.2) is 0 Å². The van der Waals surface area contributed by atoms with Crippen molar-refractivity contribution in [3.63, 3.8) is 0 Å². The maximum Gasteiger partial charge on any atom is 0.227 e. The number of ether oxygens (including phenoxy) is 3. The first-order valence-electron chi connectivity index (χ1n) is 27.8. The van der Waals surface area contributed by atoms with Crippen LogP contribution in [0.25, 0.3) is 88.0 Å². The highest BCUT2D eigenvalue weighted by atomic mass is 35.5. The van der Waals surface area contributed by atoms with Gasteiger partial charge in [-0.1, -0.05) is 53.0 Å². The minimum Gasteiger partial charge on any atom is -0.495 e. The maximum atomic E-state index is 12.0. The highest BCUT2D eigenvalue weighted by Crippen LogP contribution is 2.39. The van der Waals surface area contributed by atoms with Crippen molar-refractivity contribution in [2.24, 2.45) is 4.99 Å². The number of aromatic nitrogens is 14. The van der Waals surface area contributed by atoms with Crippen LogP contribution in [0, 0.1) is 0 Å². The third-order valence-corrected chi connectivity index (χ3v) is 18.2. The Morgan fingerprint density at radius 2 is 0.968 bits per heavy atom. The first kappa shape index (κ1) is 63.7. The molecule has 0 bridgehead atoms. The molecule has 0 amide bonds. The lowest BCUT2D eigenvalue weighted by molar-refractivity contribution is 0.415. The molecule has 9 heterocycles. The zero-order chi connectivity index (χ0) is 65.2. The van der Waals surface area contributed by atoms with Crippen molar-refractivity contribution < 1.29 is 22.6 Å². The molecule has 0 spiro atoms. The average Bonchev–Trinajstić information content (AvgIpc) is 1.40. The summed E-state index contributed by atoms with van der Waals surface area (Å²) >= 11 is 21.6. The van der Waals surface area contributed by atoms with Gasteiger partial charge in [0.05, 0.1) is 158 Å². The van der Waals surface area contributed by atoms with Gasteiger partial charge < -0.3 is 30.6 Å². The molecule has 0 saturated heterocycles. The SMILES string of the molecule is COc1cc(-c2[nH]ncc2-c2ccnc(Nc3ccc4c(c3)S(=O)C=N4)n2)ccc1Cl.COc1cc(-c2[nH]ncc2-c2ccnc(Nc3ccc4ncsc4c3)n2)ccc1Cl.COc1cc(-c2[nH]ncc2-c2ccnc(S(C)=O)n2)ccc1Cl.Nc1ccc2ncsc2c1. The Balaban J connectivity index is 0.000000127.